The molecule has 0 aromatic heterocycles. The molecular weight excluding hydrogens is 369 g/mol. The zero-order valence-corrected chi connectivity index (χ0v) is 17.5. The fraction of sp³-hybridized carbons (Fsp3) is 0.391. The van der Waals surface area contributed by atoms with Crippen molar-refractivity contribution in [1.29, 1.82) is 0 Å². The van der Waals surface area contributed by atoms with Crippen LogP contribution < -0.4 is 5.32 Å². The number of carbonyl (C=O) groups is 2. The van der Waals surface area contributed by atoms with Gasteiger partial charge in [0.15, 0.2) is 0 Å². The number of carbonyl (C=O) groups excluding carboxylic acids is 2. The molecule has 0 bridgehead atoms. The van der Waals surface area contributed by atoms with Gasteiger partial charge in [0.05, 0.1) is 0 Å². The van der Waals surface area contributed by atoms with Crippen LogP contribution in [0.3, 0.4) is 0 Å². The van der Waals surface area contributed by atoms with Crippen LogP contribution in [0.5, 0.6) is 0 Å². The summed E-state index contributed by atoms with van der Waals surface area (Å²) >= 11 is 0. The van der Waals surface area contributed by atoms with Gasteiger partial charge >= 0.3 is 0 Å². The number of nitrogens with zero attached hydrogens (tertiary/aromatic N) is 2. The summed E-state index contributed by atoms with van der Waals surface area (Å²) in [5.41, 5.74) is 3.20. The highest BCUT2D eigenvalue weighted by Crippen LogP contribution is 2.31. The third-order valence-corrected chi connectivity index (χ3v) is 5.41. The minimum atomic E-state index is -0.469. The van der Waals surface area contributed by atoms with Gasteiger partial charge in [0.2, 0.25) is 5.91 Å². The molecule has 1 saturated heterocycles. The molecule has 1 unspecified atom stereocenters. The maximum Gasteiger partial charge on any atom is 0.254 e. The van der Waals surface area contributed by atoms with Crippen LogP contribution >= 0.6 is 0 Å². The summed E-state index contributed by atoms with van der Waals surface area (Å²) < 4.78 is 14.5. The molecule has 2 aromatic carbocycles. The van der Waals surface area contributed by atoms with Gasteiger partial charge < -0.3 is 15.1 Å². The first-order chi connectivity index (χ1) is 13.8. The van der Waals surface area contributed by atoms with E-state index < -0.39 is 5.82 Å². The SMILES string of the molecule is CCC(=O)Nc1ccc(C)cc1-c1cc(F)cc(C(=O)N2CCC(N(C)C)C2)c1. The van der Waals surface area contributed by atoms with Crippen molar-refractivity contribution in [3.8, 4) is 11.1 Å². The normalized spacial score (nSPS) is 16.3. The van der Waals surface area contributed by atoms with Crippen LogP contribution in [0.1, 0.15) is 35.7 Å². The Bertz CT molecular complexity index is 926. The maximum atomic E-state index is 14.5. The first-order valence-electron chi connectivity index (χ1n) is 9.95. The van der Waals surface area contributed by atoms with Gasteiger partial charge in [-0.2, -0.15) is 0 Å². The lowest BCUT2D eigenvalue weighted by atomic mass is 9.98. The number of benzene rings is 2. The third kappa shape index (κ3) is 4.82. The average molecular weight is 397 g/mol. The van der Waals surface area contributed by atoms with Gasteiger partial charge in [-0.25, -0.2) is 4.39 Å². The lowest BCUT2D eigenvalue weighted by Crippen LogP contribution is -2.34. The number of aryl methyl sites for hydroxylation is 1. The molecule has 6 heteroatoms. The fourth-order valence-electron chi connectivity index (χ4n) is 3.64. The summed E-state index contributed by atoms with van der Waals surface area (Å²) in [7, 11) is 4.01. The van der Waals surface area contributed by atoms with E-state index in [1.165, 1.54) is 12.1 Å². The number of rotatable bonds is 5. The minimum Gasteiger partial charge on any atom is -0.337 e. The number of nitrogens with one attached hydrogen (secondary N) is 1. The van der Waals surface area contributed by atoms with E-state index in [0.29, 0.717) is 47.9 Å². The first-order valence-corrected chi connectivity index (χ1v) is 9.95. The van der Waals surface area contributed by atoms with Crippen molar-refractivity contribution in [2.75, 3.05) is 32.5 Å². The number of halogens is 1. The monoisotopic (exact) mass is 397 g/mol. The van der Waals surface area contributed by atoms with Gasteiger partial charge in [-0.05, 0) is 63.3 Å². The van der Waals surface area contributed by atoms with Gasteiger partial charge in [0, 0.05) is 42.4 Å². The molecule has 154 valence electrons. The second-order valence-corrected chi connectivity index (χ2v) is 7.84. The van der Waals surface area contributed by atoms with Crippen molar-refractivity contribution in [2.24, 2.45) is 0 Å². The third-order valence-electron chi connectivity index (χ3n) is 5.41. The lowest BCUT2D eigenvalue weighted by molar-refractivity contribution is -0.115. The van der Waals surface area contributed by atoms with Crippen molar-refractivity contribution in [2.45, 2.75) is 32.7 Å². The van der Waals surface area contributed by atoms with E-state index in [0.717, 1.165) is 12.0 Å². The predicted molar refractivity (Wildman–Crippen MR) is 113 cm³/mol. The van der Waals surface area contributed by atoms with Crippen molar-refractivity contribution in [3.63, 3.8) is 0 Å². The molecule has 0 spiro atoms. The standard InChI is InChI=1S/C23H28FN3O2/c1-5-22(28)25-21-7-6-15(2)10-20(21)16-11-17(13-18(24)12-16)23(29)27-9-8-19(14-27)26(3)4/h6-7,10-13,19H,5,8-9,14H2,1-4H3,(H,25,28). The van der Waals surface area contributed by atoms with Gasteiger partial charge in [0.1, 0.15) is 5.82 Å². The summed E-state index contributed by atoms with van der Waals surface area (Å²) in [5.74, 6) is -0.750. The molecule has 1 N–H and O–H groups in total. The molecule has 2 aromatic rings. The topological polar surface area (TPSA) is 52.7 Å². The highest BCUT2D eigenvalue weighted by atomic mass is 19.1. The van der Waals surface area contributed by atoms with E-state index in [4.69, 9.17) is 0 Å². The minimum absolute atomic E-state index is 0.116. The highest BCUT2D eigenvalue weighted by molar-refractivity contribution is 5.98. The zero-order chi connectivity index (χ0) is 21.1. The molecular formula is C23H28FN3O2. The van der Waals surface area contributed by atoms with Crippen LogP contribution in [0.4, 0.5) is 10.1 Å². The van der Waals surface area contributed by atoms with Crippen molar-refractivity contribution >= 4 is 17.5 Å². The number of hydrogen-bond donors (Lipinski definition) is 1. The van der Waals surface area contributed by atoms with Crippen LogP contribution in [0.15, 0.2) is 36.4 Å². The lowest BCUT2D eigenvalue weighted by Gasteiger charge is -2.21. The van der Waals surface area contributed by atoms with Crippen LogP contribution in [-0.4, -0.2) is 54.8 Å². The number of anilines is 1. The summed E-state index contributed by atoms with van der Waals surface area (Å²) in [6.45, 7) is 5.01. The summed E-state index contributed by atoms with van der Waals surface area (Å²) in [6.07, 6.45) is 1.26. The number of amides is 2. The highest BCUT2D eigenvalue weighted by Gasteiger charge is 2.28. The average Bonchev–Trinajstić information content (AvgIpc) is 3.18. The number of hydrogen-bond acceptors (Lipinski definition) is 3. The molecule has 5 nitrogen and oxygen atoms in total. The Balaban J connectivity index is 1.95. The summed E-state index contributed by atoms with van der Waals surface area (Å²) in [6, 6.07) is 10.3. The molecule has 0 aliphatic carbocycles. The molecule has 3 rings (SSSR count). The Morgan fingerprint density at radius 1 is 1.21 bits per heavy atom. The smallest absolute Gasteiger partial charge is 0.254 e. The van der Waals surface area contributed by atoms with Gasteiger partial charge in [0.25, 0.3) is 5.91 Å². The second-order valence-electron chi connectivity index (χ2n) is 7.84. The Morgan fingerprint density at radius 3 is 2.62 bits per heavy atom. The summed E-state index contributed by atoms with van der Waals surface area (Å²) in [5, 5.41) is 2.87. The zero-order valence-electron chi connectivity index (χ0n) is 17.5. The van der Waals surface area contributed by atoms with E-state index >= 15 is 0 Å². The van der Waals surface area contributed by atoms with Crippen molar-refractivity contribution < 1.29 is 14.0 Å². The second kappa shape index (κ2) is 8.74. The van der Waals surface area contributed by atoms with Gasteiger partial charge in [-0.15, -0.1) is 0 Å². The quantitative estimate of drug-likeness (QED) is 0.832. The molecule has 1 aliphatic heterocycles. The van der Waals surface area contributed by atoms with E-state index in [1.54, 1.807) is 17.9 Å². The fourth-order valence-corrected chi connectivity index (χ4v) is 3.64. The molecule has 29 heavy (non-hydrogen) atoms. The van der Waals surface area contributed by atoms with E-state index in [1.807, 2.05) is 39.2 Å². The Kier molecular flexibility index (Phi) is 6.33. The molecule has 1 atom stereocenters. The van der Waals surface area contributed by atoms with Gasteiger partial charge in [-0.1, -0.05) is 18.6 Å². The molecule has 1 fully saturated rings. The van der Waals surface area contributed by atoms with Crippen molar-refractivity contribution in [1.82, 2.24) is 9.80 Å². The van der Waals surface area contributed by atoms with Crippen LogP contribution in [0, 0.1) is 12.7 Å². The van der Waals surface area contributed by atoms with Crippen LogP contribution in [-0.2, 0) is 4.79 Å². The van der Waals surface area contributed by atoms with Crippen LogP contribution in [0.2, 0.25) is 0 Å². The first kappa shape index (κ1) is 21.0. The molecule has 1 heterocycles. The molecule has 0 radical (unpaired) electrons. The van der Waals surface area contributed by atoms with E-state index in [9.17, 15) is 14.0 Å². The Labute approximate surface area is 171 Å². The molecule has 0 saturated carbocycles. The van der Waals surface area contributed by atoms with E-state index in [-0.39, 0.29) is 11.8 Å². The largest absolute Gasteiger partial charge is 0.337 e. The Hall–Kier alpha value is -2.73. The number of likely N-dealkylation sites (N-methyl/N-ethyl adjacent to an activating group) is 1. The predicted octanol–water partition coefficient (Wildman–Crippen LogP) is 3.93. The Morgan fingerprint density at radius 2 is 1.97 bits per heavy atom. The van der Waals surface area contributed by atoms with Crippen molar-refractivity contribution in [3.05, 3.63) is 53.3 Å². The number of likely N-dealkylation sites (tertiary alicyclic amines) is 1. The van der Waals surface area contributed by atoms with Crippen LogP contribution in [0.25, 0.3) is 11.1 Å². The summed E-state index contributed by atoms with van der Waals surface area (Å²) in [4.78, 5) is 28.8. The maximum absolute atomic E-state index is 14.5. The molecule has 2 amide bonds. The van der Waals surface area contributed by atoms with E-state index in [2.05, 4.69) is 10.2 Å². The van der Waals surface area contributed by atoms with Gasteiger partial charge in [-0.3, -0.25) is 9.59 Å². The molecule has 1 aliphatic rings.